The van der Waals surface area contributed by atoms with E-state index in [0.717, 1.165) is 17.6 Å². The molecule has 1 heterocycles. The summed E-state index contributed by atoms with van der Waals surface area (Å²) in [6.07, 6.45) is 0.940. The van der Waals surface area contributed by atoms with Gasteiger partial charge >= 0.3 is 5.97 Å². The molecule has 0 radical (unpaired) electrons. The van der Waals surface area contributed by atoms with Crippen LogP contribution < -0.4 is 4.72 Å². The van der Waals surface area contributed by atoms with Crippen molar-refractivity contribution in [2.45, 2.75) is 0 Å². The van der Waals surface area contributed by atoms with Crippen LogP contribution in [0.3, 0.4) is 0 Å². The number of hydrogen-bond donors (Lipinski definition) is 2. The van der Waals surface area contributed by atoms with Crippen molar-refractivity contribution >= 4 is 32.3 Å². The van der Waals surface area contributed by atoms with E-state index in [1.54, 1.807) is 0 Å². The molecule has 0 aliphatic rings. The van der Waals surface area contributed by atoms with E-state index in [9.17, 15) is 22.7 Å². The first-order valence-corrected chi connectivity index (χ1v) is 8.13. The zero-order chi connectivity index (χ0) is 14.9. The third kappa shape index (κ3) is 3.14. The molecule has 8 heteroatoms. The van der Waals surface area contributed by atoms with E-state index in [1.165, 1.54) is 29.6 Å². The highest BCUT2D eigenvalue weighted by Crippen LogP contribution is 2.36. The molecule has 0 saturated carbocycles. The molecule has 20 heavy (non-hydrogen) atoms. The fourth-order valence-corrected chi connectivity index (χ4v) is 3.55. The molecule has 2 N–H and O–H groups in total. The second-order valence-electron chi connectivity index (χ2n) is 4.04. The van der Waals surface area contributed by atoms with Gasteiger partial charge in [-0.3, -0.25) is 4.72 Å². The molecule has 0 amide bonds. The summed E-state index contributed by atoms with van der Waals surface area (Å²) in [7, 11) is -3.57. The summed E-state index contributed by atoms with van der Waals surface area (Å²) in [5.41, 5.74) is 0.697. The summed E-state index contributed by atoms with van der Waals surface area (Å²) in [5.74, 6) is -1.69. The van der Waals surface area contributed by atoms with Gasteiger partial charge in [0.1, 0.15) is 16.4 Å². The van der Waals surface area contributed by atoms with E-state index in [0.29, 0.717) is 11.1 Å². The van der Waals surface area contributed by atoms with Gasteiger partial charge < -0.3 is 5.11 Å². The highest BCUT2D eigenvalue weighted by atomic mass is 32.2. The highest BCUT2D eigenvalue weighted by Gasteiger charge is 2.21. The van der Waals surface area contributed by atoms with Gasteiger partial charge in [-0.05, 0) is 17.7 Å². The van der Waals surface area contributed by atoms with Crippen LogP contribution in [0.2, 0.25) is 0 Å². The fourth-order valence-electron chi connectivity index (χ4n) is 1.66. The monoisotopic (exact) mass is 315 g/mol. The van der Waals surface area contributed by atoms with Crippen molar-refractivity contribution in [1.82, 2.24) is 0 Å². The second kappa shape index (κ2) is 5.22. The molecule has 1 aromatic carbocycles. The Kier molecular flexibility index (Phi) is 3.78. The molecule has 0 saturated heterocycles. The predicted molar refractivity (Wildman–Crippen MR) is 75.1 cm³/mol. The first-order valence-electron chi connectivity index (χ1n) is 5.36. The van der Waals surface area contributed by atoms with Gasteiger partial charge in [0.15, 0.2) is 0 Å². The lowest BCUT2D eigenvalue weighted by molar-refractivity contribution is 0.0699. The van der Waals surface area contributed by atoms with E-state index >= 15 is 0 Å². The number of sulfonamides is 1. The van der Waals surface area contributed by atoms with Crippen LogP contribution in [0.15, 0.2) is 29.6 Å². The second-order valence-corrected chi connectivity index (χ2v) is 6.67. The third-order valence-corrected chi connectivity index (χ3v) is 4.04. The average Bonchev–Trinajstić information content (AvgIpc) is 2.71. The largest absolute Gasteiger partial charge is 0.478 e. The molecule has 0 bridgehead atoms. The molecular weight excluding hydrogens is 305 g/mol. The van der Waals surface area contributed by atoms with Gasteiger partial charge in [0.05, 0.1) is 6.26 Å². The number of rotatable bonds is 4. The van der Waals surface area contributed by atoms with Crippen LogP contribution in [-0.2, 0) is 10.0 Å². The smallest absolute Gasteiger partial charge is 0.339 e. The van der Waals surface area contributed by atoms with Crippen LogP contribution in [0.5, 0.6) is 0 Å². The number of carbonyl (C=O) groups is 1. The number of thiophene rings is 1. The van der Waals surface area contributed by atoms with Crippen LogP contribution in [0, 0.1) is 5.82 Å². The van der Waals surface area contributed by atoms with Crippen molar-refractivity contribution in [3.63, 3.8) is 0 Å². The van der Waals surface area contributed by atoms with E-state index in [-0.39, 0.29) is 10.6 Å². The van der Waals surface area contributed by atoms with Crippen molar-refractivity contribution in [2.24, 2.45) is 0 Å². The number of carboxylic acids is 1. The maximum absolute atomic E-state index is 12.9. The Labute approximate surface area is 118 Å². The number of hydrogen-bond acceptors (Lipinski definition) is 4. The Morgan fingerprint density at radius 3 is 2.40 bits per heavy atom. The molecule has 1 aromatic heterocycles. The molecule has 0 aliphatic carbocycles. The van der Waals surface area contributed by atoms with Crippen molar-refractivity contribution in [3.8, 4) is 11.1 Å². The Morgan fingerprint density at radius 2 is 1.90 bits per heavy atom. The van der Waals surface area contributed by atoms with E-state index in [4.69, 9.17) is 0 Å². The Morgan fingerprint density at radius 1 is 1.30 bits per heavy atom. The first kappa shape index (κ1) is 14.5. The van der Waals surface area contributed by atoms with Crippen molar-refractivity contribution < 1.29 is 22.7 Å². The number of nitrogens with one attached hydrogen (secondary N) is 1. The van der Waals surface area contributed by atoms with E-state index < -0.39 is 21.8 Å². The maximum Gasteiger partial charge on any atom is 0.339 e. The molecule has 0 fully saturated rings. The Hall–Kier alpha value is -1.93. The molecule has 0 aliphatic heterocycles. The number of halogens is 1. The summed E-state index contributed by atoms with van der Waals surface area (Å²) in [6, 6.07) is 5.30. The van der Waals surface area contributed by atoms with Crippen molar-refractivity contribution in [3.05, 3.63) is 41.0 Å². The number of carboxylic acid groups (broad SMARTS) is 1. The average molecular weight is 315 g/mol. The van der Waals surface area contributed by atoms with E-state index in [1.807, 2.05) is 0 Å². The lowest BCUT2D eigenvalue weighted by atomic mass is 10.0. The zero-order valence-electron chi connectivity index (χ0n) is 10.3. The van der Waals surface area contributed by atoms with Crippen molar-refractivity contribution in [1.29, 1.82) is 0 Å². The first-order chi connectivity index (χ1) is 9.28. The number of benzene rings is 1. The molecule has 5 nitrogen and oxygen atoms in total. The minimum Gasteiger partial charge on any atom is -0.478 e. The van der Waals surface area contributed by atoms with Gasteiger partial charge in [-0.25, -0.2) is 17.6 Å². The summed E-state index contributed by atoms with van der Waals surface area (Å²) in [4.78, 5) is 11.3. The van der Waals surface area contributed by atoms with E-state index in [2.05, 4.69) is 4.72 Å². The minimum absolute atomic E-state index is 0.0272. The number of aromatic carboxylic acids is 1. The lowest BCUT2D eigenvalue weighted by Crippen LogP contribution is -2.11. The summed E-state index contributed by atoms with van der Waals surface area (Å²) in [5, 5.41) is 10.8. The minimum atomic E-state index is -3.57. The van der Waals surface area contributed by atoms with Crippen LogP contribution in [0.4, 0.5) is 9.39 Å². The maximum atomic E-state index is 12.9. The number of anilines is 1. The van der Waals surface area contributed by atoms with Crippen LogP contribution in [-0.4, -0.2) is 25.7 Å². The Balaban J connectivity index is 2.55. The molecule has 0 spiro atoms. The molecule has 0 unspecified atom stereocenters. The van der Waals surface area contributed by atoms with Gasteiger partial charge in [-0.2, -0.15) is 0 Å². The van der Waals surface area contributed by atoms with Crippen LogP contribution in [0.25, 0.3) is 11.1 Å². The molecule has 2 aromatic rings. The third-order valence-electron chi connectivity index (χ3n) is 2.44. The Bertz CT molecular complexity index is 750. The summed E-state index contributed by atoms with van der Waals surface area (Å²) in [6.45, 7) is 0. The normalized spacial score (nSPS) is 11.3. The molecule has 0 atom stereocenters. The quantitative estimate of drug-likeness (QED) is 0.908. The van der Waals surface area contributed by atoms with Gasteiger partial charge in [0.2, 0.25) is 10.0 Å². The van der Waals surface area contributed by atoms with Gasteiger partial charge in [0, 0.05) is 10.9 Å². The lowest BCUT2D eigenvalue weighted by Gasteiger charge is -2.05. The zero-order valence-corrected chi connectivity index (χ0v) is 11.9. The SMILES string of the molecule is CS(=O)(=O)Nc1scc(-c2ccc(F)cc2)c1C(=O)O. The van der Waals surface area contributed by atoms with Gasteiger partial charge in [0.25, 0.3) is 0 Å². The molecule has 2 rings (SSSR count). The molecule has 106 valence electrons. The standard InChI is InChI=1S/C12H10FNO4S2/c1-20(17,18)14-11-10(12(15)16)9(6-19-11)7-2-4-8(13)5-3-7/h2-6,14H,1H3,(H,15,16). The topological polar surface area (TPSA) is 83.5 Å². The van der Waals surface area contributed by atoms with Crippen LogP contribution >= 0.6 is 11.3 Å². The van der Waals surface area contributed by atoms with Crippen LogP contribution in [0.1, 0.15) is 10.4 Å². The fraction of sp³-hybridized carbons (Fsp3) is 0.0833. The molecular formula is C12H10FNO4S2. The summed E-state index contributed by atoms with van der Waals surface area (Å²) >= 11 is 0.966. The summed E-state index contributed by atoms with van der Waals surface area (Å²) < 4.78 is 37.5. The predicted octanol–water partition coefficient (Wildman–Crippen LogP) is 2.62. The van der Waals surface area contributed by atoms with Crippen molar-refractivity contribution in [2.75, 3.05) is 11.0 Å². The van der Waals surface area contributed by atoms with Gasteiger partial charge in [-0.1, -0.05) is 12.1 Å². The van der Waals surface area contributed by atoms with Gasteiger partial charge in [-0.15, -0.1) is 11.3 Å². The highest BCUT2D eigenvalue weighted by molar-refractivity contribution is 7.92.